The lowest BCUT2D eigenvalue weighted by atomic mass is 10.1. The van der Waals surface area contributed by atoms with Crippen molar-refractivity contribution < 1.29 is 4.39 Å². The van der Waals surface area contributed by atoms with E-state index < -0.39 is 0 Å². The molecule has 0 saturated carbocycles. The second-order valence-electron chi connectivity index (χ2n) is 7.95. The van der Waals surface area contributed by atoms with Crippen molar-refractivity contribution in [3.8, 4) is 5.69 Å². The van der Waals surface area contributed by atoms with Crippen LogP contribution in [0, 0.1) is 19.7 Å². The highest BCUT2D eigenvalue weighted by molar-refractivity contribution is 5.71. The average Bonchev–Trinajstić information content (AvgIpc) is 3.40. The Kier molecular flexibility index (Phi) is 5.05. The van der Waals surface area contributed by atoms with E-state index in [1.165, 1.54) is 12.1 Å². The number of rotatable bonds is 5. The molecule has 0 spiro atoms. The van der Waals surface area contributed by atoms with Crippen molar-refractivity contribution in [2.45, 2.75) is 26.7 Å². The van der Waals surface area contributed by atoms with Gasteiger partial charge in [0.25, 0.3) is 0 Å². The van der Waals surface area contributed by atoms with Crippen molar-refractivity contribution >= 4 is 17.3 Å². The molecule has 0 unspecified atom stereocenters. The molecule has 3 heterocycles. The highest BCUT2D eigenvalue weighted by Gasteiger charge is 2.26. The number of nitrogens with zero attached hydrogens (tertiary/aromatic N) is 6. The van der Waals surface area contributed by atoms with Crippen LogP contribution in [0.4, 0.5) is 21.7 Å². The van der Waals surface area contributed by atoms with Crippen LogP contribution in [0.1, 0.15) is 28.3 Å². The van der Waals surface area contributed by atoms with Crippen LogP contribution in [-0.2, 0) is 12.8 Å². The summed E-state index contributed by atoms with van der Waals surface area (Å²) < 4.78 is 15.2. The van der Waals surface area contributed by atoms with E-state index in [4.69, 9.17) is 9.97 Å². The lowest BCUT2D eigenvalue weighted by Gasteiger charge is -2.19. The van der Waals surface area contributed by atoms with Gasteiger partial charge in [-0.1, -0.05) is 12.1 Å². The number of hydrogen-bond donors (Lipinski definition) is 1. The molecular weight excluding hydrogens is 405 g/mol. The van der Waals surface area contributed by atoms with Gasteiger partial charge in [-0.05, 0) is 61.7 Å². The maximum absolute atomic E-state index is 13.4. The minimum atomic E-state index is -0.243. The van der Waals surface area contributed by atoms with Crippen LogP contribution >= 0.6 is 0 Å². The number of hydrogen-bond acceptors (Lipinski definition) is 6. The van der Waals surface area contributed by atoms with Crippen LogP contribution in [0.25, 0.3) is 5.69 Å². The van der Waals surface area contributed by atoms with Crippen molar-refractivity contribution in [1.82, 2.24) is 24.7 Å². The van der Waals surface area contributed by atoms with Gasteiger partial charge in [-0.25, -0.2) is 24.0 Å². The molecule has 0 atom stereocenters. The third-order valence-corrected chi connectivity index (χ3v) is 5.72. The summed E-state index contributed by atoms with van der Waals surface area (Å²) in [6.07, 6.45) is 3.18. The van der Waals surface area contributed by atoms with E-state index in [0.717, 1.165) is 64.3 Å². The zero-order valence-corrected chi connectivity index (χ0v) is 18.3. The molecule has 0 amide bonds. The summed E-state index contributed by atoms with van der Waals surface area (Å²) >= 11 is 0. The smallest absolute Gasteiger partial charge is 0.147 e. The third kappa shape index (κ3) is 3.68. The molecule has 1 aliphatic heterocycles. The summed E-state index contributed by atoms with van der Waals surface area (Å²) in [6.45, 7) is 4.73. The number of benzene rings is 2. The average molecular weight is 430 g/mol. The Morgan fingerprint density at radius 2 is 1.88 bits per heavy atom. The molecule has 1 N–H and O–H groups in total. The van der Waals surface area contributed by atoms with Crippen molar-refractivity contribution in [1.29, 1.82) is 0 Å². The summed E-state index contributed by atoms with van der Waals surface area (Å²) in [5, 5.41) is 7.63. The Labute approximate surface area is 186 Å². The van der Waals surface area contributed by atoms with Gasteiger partial charge in [0.2, 0.25) is 0 Å². The normalized spacial score (nSPS) is 12.8. The second kappa shape index (κ2) is 8.03. The predicted octanol–water partition coefficient (Wildman–Crippen LogP) is 4.14. The molecule has 2 aromatic heterocycles. The van der Waals surface area contributed by atoms with E-state index >= 15 is 0 Å². The van der Waals surface area contributed by atoms with E-state index in [9.17, 15) is 4.39 Å². The van der Waals surface area contributed by atoms with Crippen molar-refractivity contribution in [2.24, 2.45) is 0 Å². The third-order valence-electron chi connectivity index (χ3n) is 5.72. The number of halogens is 1. The first-order valence-electron chi connectivity index (χ1n) is 10.6. The van der Waals surface area contributed by atoms with Crippen LogP contribution < -0.4 is 10.2 Å². The molecule has 32 heavy (non-hydrogen) atoms. The molecule has 8 heteroatoms. The highest BCUT2D eigenvalue weighted by Crippen LogP contribution is 2.36. The minimum Gasteiger partial charge on any atom is -0.373 e. The Bertz CT molecular complexity index is 1280. The van der Waals surface area contributed by atoms with E-state index in [1.54, 1.807) is 23.1 Å². The van der Waals surface area contributed by atoms with Gasteiger partial charge in [0.15, 0.2) is 0 Å². The highest BCUT2D eigenvalue weighted by atomic mass is 19.1. The Morgan fingerprint density at radius 1 is 1.06 bits per heavy atom. The number of aromatic nitrogens is 5. The van der Waals surface area contributed by atoms with Gasteiger partial charge in [0, 0.05) is 31.3 Å². The van der Waals surface area contributed by atoms with E-state index in [-0.39, 0.29) is 5.82 Å². The molecule has 7 nitrogen and oxygen atoms in total. The fourth-order valence-electron chi connectivity index (χ4n) is 4.19. The lowest BCUT2D eigenvalue weighted by molar-refractivity contribution is 0.628. The zero-order valence-electron chi connectivity index (χ0n) is 18.3. The van der Waals surface area contributed by atoms with Gasteiger partial charge in [0.05, 0.1) is 5.69 Å². The van der Waals surface area contributed by atoms with E-state index in [1.807, 2.05) is 14.0 Å². The molecule has 0 aliphatic carbocycles. The number of fused-ring (bicyclic) bond motifs is 1. The number of aryl methyl sites for hydroxylation is 2. The Morgan fingerprint density at radius 3 is 2.56 bits per heavy atom. The van der Waals surface area contributed by atoms with Crippen LogP contribution in [-0.4, -0.2) is 38.3 Å². The van der Waals surface area contributed by atoms with Gasteiger partial charge in [-0.2, -0.15) is 5.10 Å². The molecule has 0 radical (unpaired) electrons. The number of nitrogens with one attached hydrogen (secondary N) is 1. The summed E-state index contributed by atoms with van der Waals surface area (Å²) in [5.74, 6) is 2.97. The summed E-state index contributed by atoms with van der Waals surface area (Å²) in [7, 11) is 1.88. The zero-order chi connectivity index (χ0) is 22.2. The summed E-state index contributed by atoms with van der Waals surface area (Å²) in [6, 6.07) is 12.8. The largest absolute Gasteiger partial charge is 0.373 e. The molecule has 162 valence electrons. The van der Waals surface area contributed by atoms with Crippen LogP contribution in [0.2, 0.25) is 0 Å². The molecule has 5 rings (SSSR count). The molecule has 1 aliphatic rings. The Balaban J connectivity index is 1.46. The minimum absolute atomic E-state index is 0.243. The van der Waals surface area contributed by atoms with Crippen molar-refractivity contribution in [3.05, 3.63) is 82.9 Å². The van der Waals surface area contributed by atoms with Crippen molar-refractivity contribution in [2.75, 3.05) is 23.8 Å². The fourth-order valence-corrected chi connectivity index (χ4v) is 4.19. The van der Waals surface area contributed by atoms with Crippen LogP contribution in [0.15, 0.2) is 48.8 Å². The molecule has 0 bridgehead atoms. The molecular formula is C24H24FN7. The van der Waals surface area contributed by atoms with Crippen LogP contribution in [0.5, 0.6) is 0 Å². The quantitative estimate of drug-likeness (QED) is 0.514. The van der Waals surface area contributed by atoms with E-state index in [2.05, 4.69) is 45.4 Å². The summed E-state index contributed by atoms with van der Waals surface area (Å²) in [5.41, 5.74) is 5.25. The first-order valence-corrected chi connectivity index (χ1v) is 10.6. The molecule has 4 aromatic rings. The van der Waals surface area contributed by atoms with Gasteiger partial charge < -0.3 is 10.2 Å². The predicted molar refractivity (Wildman–Crippen MR) is 122 cm³/mol. The Hall–Kier alpha value is -3.81. The standard InChI is InChI=1S/C24H24FN7/c1-15-12-17(4-9-21(15)32-14-27-16(2)30-32)13-22-28-23(26-3)20-10-11-31(24(20)29-22)19-7-5-18(25)6-8-19/h4-9,12,14H,10-11,13H2,1-3H3,(H,26,28,29). The summed E-state index contributed by atoms with van der Waals surface area (Å²) in [4.78, 5) is 16.0. The van der Waals surface area contributed by atoms with Gasteiger partial charge in [0.1, 0.15) is 35.4 Å². The fraction of sp³-hybridized carbons (Fsp3) is 0.250. The molecule has 0 saturated heterocycles. The van der Waals surface area contributed by atoms with Gasteiger partial charge in [-0.15, -0.1) is 0 Å². The van der Waals surface area contributed by atoms with Gasteiger partial charge >= 0.3 is 0 Å². The van der Waals surface area contributed by atoms with Crippen molar-refractivity contribution in [3.63, 3.8) is 0 Å². The molecule has 2 aromatic carbocycles. The first-order chi connectivity index (χ1) is 15.5. The molecule has 0 fully saturated rings. The maximum atomic E-state index is 13.4. The monoisotopic (exact) mass is 429 g/mol. The van der Waals surface area contributed by atoms with Crippen LogP contribution in [0.3, 0.4) is 0 Å². The van der Waals surface area contributed by atoms with E-state index in [0.29, 0.717) is 6.42 Å². The second-order valence-corrected chi connectivity index (χ2v) is 7.95. The first kappa shape index (κ1) is 20.1. The maximum Gasteiger partial charge on any atom is 0.147 e. The lowest BCUT2D eigenvalue weighted by Crippen LogP contribution is -2.15. The SMILES string of the molecule is CNc1nc(Cc2ccc(-n3cnc(C)n3)c(C)c2)nc2c1CCN2c1ccc(F)cc1. The van der Waals surface area contributed by atoms with Gasteiger partial charge in [-0.3, -0.25) is 0 Å². The number of anilines is 3. The topological polar surface area (TPSA) is 71.8 Å².